The van der Waals surface area contributed by atoms with Crippen molar-refractivity contribution in [3.05, 3.63) is 140 Å². The van der Waals surface area contributed by atoms with Gasteiger partial charge in [0.15, 0.2) is 0 Å². The molecule has 0 spiro atoms. The first-order valence-electron chi connectivity index (χ1n) is 12.5. The molecule has 0 aliphatic heterocycles. The van der Waals surface area contributed by atoms with E-state index in [-0.39, 0.29) is 11.5 Å². The number of carbonyl (C=O) groups is 1. The maximum atomic E-state index is 14.0. The van der Waals surface area contributed by atoms with Crippen LogP contribution in [0, 0.1) is 13.8 Å². The highest BCUT2D eigenvalue weighted by Gasteiger charge is 2.28. The number of hydrogen-bond acceptors (Lipinski definition) is 3. The van der Waals surface area contributed by atoms with Crippen LogP contribution >= 0.6 is 15.9 Å². The van der Waals surface area contributed by atoms with Crippen LogP contribution in [0.3, 0.4) is 0 Å². The number of amides is 1. The SMILES string of the molecule is Cc1ccc(-n2c(C(C)N(Cc3ccccc3)C(=O)c3ccc(Br)cc3)nc3ccccc3c2=O)cc1C. The van der Waals surface area contributed by atoms with E-state index in [4.69, 9.17) is 4.98 Å². The van der Waals surface area contributed by atoms with Gasteiger partial charge in [0.1, 0.15) is 5.82 Å². The minimum absolute atomic E-state index is 0.136. The molecule has 6 heteroatoms. The first-order valence-corrected chi connectivity index (χ1v) is 13.3. The van der Waals surface area contributed by atoms with Crippen LogP contribution in [0.5, 0.6) is 0 Å². The number of hydrogen-bond donors (Lipinski definition) is 0. The van der Waals surface area contributed by atoms with Crippen LogP contribution in [0.1, 0.15) is 45.8 Å². The number of benzene rings is 4. The molecule has 5 aromatic rings. The second-order valence-electron chi connectivity index (χ2n) is 9.50. The maximum absolute atomic E-state index is 14.0. The third-order valence-corrected chi connectivity index (χ3v) is 7.47. The minimum Gasteiger partial charge on any atom is -0.324 e. The number of carbonyl (C=O) groups excluding carboxylic acids is 1. The van der Waals surface area contributed by atoms with Gasteiger partial charge < -0.3 is 4.90 Å². The maximum Gasteiger partial charge on any atom is 0.266 e. The lowest BCUT2D eigenvalue weighted by Gasteiger charge is -2.31. The number of aromatic nitrogens is 2. The van der Waals surface area contributed by atoms with Gasteiger partial charge in [-0.05, 0) is 86.0 Å². The number of rotatable bonds is 6. The van der Waals surface area contributed by atoms with Crippen molar-refractivity contribution < 1.29 is 4.79 Å². The number of nitrogens with zero attached hydrogens (tertiary/aromatic N) is 3. The predicted octanol–water partition coefficient (Wildman–Crippen LogP) is 7.17. The van der Waals surface area contributed by atoms with E-state index >= 15 is 0 Å². The van der Waals surface area contributed by atoms with Crippen molar-refractivity contribution in [1.82, 2.24) is 14.5 Å². The summed E-state index contributed by atoms with van der Waals surface area (Å²) in [5.74, 6) is 0.376. The Morgan fingerprint density at radius 2 is 1.58 bits per heavy atom. The molecule has 0 saturated heterocycles. The van der Waals surface area contributed by atoms with Crippen LogP contribution in [0.4, 0.5) is 0 Å². The second kappa shape index (κ2) is 10.8. The van der Waals surface area contributed by atoms with Crippen molar-refractivity contribution in [2.45, 2.75) is 33.4 Å². The summed E-state index contributed by atoms with van der Waals surface area (Å²) in [4.78, 5) is 34.7. The predicted molar refractivity (Wildman–Crippen MR) is 156 cm³/mol. The topological polar surface area (TPSA) is 55.2 Å². The van der Waals surface area contributed by atoms with E-state index in [2.05, 4.69) is 15.9 Å². The smallest absolute Gasteiger partial charge is 0.266 e. The first kappa shape index (κ1) is 25.6. The summed E-state index contributed by atoms with van der Waals surface area (Å²) in [6.07, 6.45) is 0. The zero-order valence-electron chi connectivity index (χ0n) is 21.6. The lowest BCUT2D eigenvalue weighted by Crippen LogP contribution is -2.37. The van der Waals surface area contributed by atoms with Gasteiger partial charge in [0.25, 0.3) is 11.5 Å². The molecule has 1 amide bonds. The van der Waals surface area contributed by atoms with Gasteiger partial charge in [0.2, 0.25) is 0 Å². The molecule has 1 heterocycles. The monoisotopic (exact) mass is 565 g/mol. The minimum atomic E-state index is -0.509. The molecule has 190 valence electrons. The summed E-state index contributed by atoms with van der Waals surface area (Å²) in [6, 6.07) is 30.0. The Labute approximate surface area is 230 Å². The molecule has 0 N–H and O–H groups in total. The number of aryl methyl sites for hydroxylation is 2. The summed E-state index contributed by atoms with van der Waals surface area (Å²) in [5.41, 5.74) is 4.96. The molecular weight excluding hydrogens is 538 g/mol. The van der Waals surface area contributed by atoms with Gasteiger partial charge in [-0.25, -0.2) is 4.98 Å². The average molecular weight is 566 g/mol. The Morgan fingerprint density at radius 1 is 0.895 bits per heavy atom. The van der Waals surface area contributed by atoms with Gasteiger partial charge >= 0.3 is 0 Å². The van der Waals surface area contributed by atoms with Gasteiger partial charge in [-0.3, -0.25) is 14.2 Å². The summed E-state index contributed by atoms with van der Waals surface area (Å²) in [5, 5.41) is 0.538. The molecule has 1 unspecified atom stereocenters. The molecular formula is C32H28BrN3O2. The highest BCUT2D eigenvalue weighted by molar-refractivity contribution is 9.10. The van der Waals surface area contributed by atoms with Crippen LogP contribution in [-0.2, 0) is 6.54 Å². The summed E-state index contributed by atoms with van der Waals surface area (Å²) < 4.78 is 2.56. The molecule has 0 aliphatic rings. The zero-order valence-corrected chi connectivity index (χ0v) is 23.1. The fourth-order valence-electron chi connectivity index (χ4n) is 4.61. The highest BCUT2D eigenvalue weighted by atomic mass is 79.9. The quantitative estimate of drug-likeness (QED) is 0.219. The fraction of sp³-hybridized carbons (Fsp3) is 0.156. The van der Waals surface area contributed by atoms with Crippen LogP contribution in [0.2, 0.25) is 0 Å². The van der Waals surface area contributed by atoms with E-state index in [1.165, 1.54) is 0 Å². The molecule has 0 bridgehead atoms. The molecule has 5 rings (SSSR count). The molecule has 4 aromatic carbocycles. The summed E-state index contributed by atoms with van der Waals surface area (Å²) >= 11 is 3.46. The Bertz CT molecular complexity index is 1680. The molecule has 0 radical (unpaired) electrons. The first-order chi connectivity index (χ1) is 18.3. The Kier molecular flexibility index (Phi) is 7.25. The van der Waals surface area contributed by atoms with Crippen molar-refractivity contribution in [1.29, 1.82) is 0 Å². The number of fused-ring (bicyclic) bond motifs is 1. The molecule has 0 fully saturated rings. The van der Waals surface area contributed by atoms with Crippen molar-refractivity contribution >= 4 is 32.7 Å². The van der Waals surface area contributed by atoms with E-state index in [9.17, 15) is 9.59 Å². The fourth-order valence-corrected chi connectivity index (χ4v) is 4.87. The van der Waals surface area contributed by atoms with Gasteiger partial charge in [0, 0.05) is 16.6 Å². The lowest BCUT2D eigenvalue weighted by molar-refractivity contribution is 0.0664. The average Bonchev–Trinajstić information content (AvgIpc) is 2.93. The van der Waals surface area contributed by atoms with Gasteiger partial charge in [-0.2, -0.15) is 0 Å². The van der Waals surface area contributed by atoms with Crippen molar-refractivity contribution in [2.75, 3.05) is 0 Å². The number of para-hydroxylation sites is 1. The van der Waals surface area contributed by atoms with Crippen molar-refractivity contribution in [2.24, 2.45) is 0 Å². The van der Waals surface area contributed by atoms with Crippen LogP contribution in [0.15, 0.2) is 106 Å². The summed E-state index contributed by atoms with van der Waals surface area (Å²) in [7, 11) is 0. The van der Waals surface area contributed by atoms with Gasteiger partial charge in [-0.1, -0.05) is 64.5 Å². The highest BCUT2D eigenvalue weighted by Crippen LogP contribution is 2.27. The Hall–Kier alpha value is -4.03. The largest absolute Gasteiger partial charge is 0.324 e. The van der Waals surface area contributed by atoms with E-state index in [0.29, 0.717) is 28.8 Å². The van der Waals surface area contributed by atoms with E-state index in [1.54, 1.807) is 27.7 Å². The molecule has 38 heavy (non-hydrogen) atoms. The van der Waals surface area contributed by atoms with E-state index in [0.717, 1.165) is 26.9 Å². The van der Waals surface area contributed by atoms with E-state index in [1.807, 2.05) is 99.6 Å². The number of halogens is 1. The summed E-state index contributed by atoms with van der Waals surface area (Å²) in [6.45, 7) is 6.38. The van der Waals surface area contributed by atoms with E-state index < -0.39 is 6.04 Å². The normalized spacial score (nSPS) is 11.9. The molecule has 5 nitrogen and oxygen atoms in total. The van der Waals surface area contributed by atoms with Crippen molar-refractivity contribution in [3.63, 3.8) is 0 Å². The third-order valence-electron chi connectivity index (χ3n) is 6.94. The Balaban J connectivity index is 1.71. The zero-order chi connectivity index (χ0) is 26.8. The third kappa shape index (κ3) is 5.04. The molecule has 0 saturated carbocycles. The van der Waals surface area contributed by atoms with Crippen molar-refractivity contribution in [3.8, 4) is 5.69 Å². The van der Waals surface area contributed by atoms with Crippen LogP contribution in [-0.4, -0.2) is 20.4 Å². The molecule has 1 atom stereocenters. The van der Waals surface area contributed by atoms with Gasteiger partial charge in [-0.15, -0.1) is 0 Å². The van der Waals surface area contributed by atoms with Crippen LogP contribution in [0.25, 0.3) is 16.6 Å². The molecule has 0 aliphatic carbocycles. The lowest BCUT2D eigenvalue weighted by atomic mass is 10.1. The van der Waals surface area contributed by atoms with Crippen LogP contribution < -0.4 is 5.56 Å². The van der Waals surface area contributed by atoms with Gasteiger partial charge in [0.05, 0.1) is 22.6 Å². The Morgan fingerprint density at radius 3 is 2.29 bits per heavy atom. The molecule has 1 aromatic heterocycles. The standard InChI is InChI=1S/C32H28BrN3O2/c1-21-13-18-27(19-22(21)2)36-30(34-29-12-8-7-11-28(29)32(36)38)23(3)35(20-24-9-5-4-6-10-24)31(37)25-14-16-26(33)17-15-25/h4-19,23H,20H2,1-3H3. The second-order valence-corrected chi connectivity index (χ2v) is 10.4.